The van der Waals surface area contributed by atoms with E-state index in [9.17, 15) is 9.59 Å². The Bertz CT molecular complexity index is 917. The van der Waals surface area contributed by atoms with Crippen molar-refractivity contribution in [1.82, 2.24) is 0 Å². The van der Waals surface area contributed by atoms with Crippen molar-refractivity contribution in [2.75, 3.05) is 0 Å². The van der Waals surface area contributed by atoms with E-state index in [1.165, 1.54) is 0 Å². The molecule has 0 aromatic heterocycles. The Morgan fingerprint density at radius 1 is 0.625 bits per heavy atom. The smallest absolute Gasteiger partial charge is 0.178 e. The van der Waals surface area contributed by atoms with Crippen molar-refractivity contribution in [2.45, 2.75) is 5.92 Å². The molecular formula is C21H13ClO2. The molecule has 1 aliphatic rings. The first-order chi connectivity index (χ1) is 11.7. The second-order valence-corrected chi connectivity index (χ2v) is 6.24. The molecule has 1 aliphatic carbocycles. The largest absolute Gasteiger partial charge is 0.293 e. The maximum atomic E-state index is 13.2. The van der Waals surface area contributed by atoms with E-state index in [4.69, 9.17) is 11.6 Å². The molecule has 2 nitrogen and oxygen atoms in total. The van der Waals surface area contributed by atoms with E-state index in [-0.39, 0.29) is 11.6 Å². The third-order valence-corrected chi connectivity index (χ3v) is 4.62. The van der Waals surface area contributed by atoms with Gasteiger partial charge in [0.1, 0.15) is 5.92 Å². The van der Waals surface area contributed by atoms with Crippen molar-refractivity contribution in [3.8, 4) is 11.1 Å². The second kappa shape index (κ2) is 5.73. The first-order valence-electron chi connectivity index (χ1n) is 7.69. The lowest BCUT2D eigenvalue weighted by molar-refractivity contribution is 0.0863. The van der Waals surface area contributed by atoms with Crippen molar-refractivity contribution in [3.63, 3.8) is 0 Å². The number of halogens is 1. The molecule has 3 aromatic carbocycles. The second-order valence-electron chi connectivity index (χ2n) is 5.81. The molecule has 3 heteroatoms. The number of hydrogen-bond acceptors (Lipinski definition) is 2. The van der Waals surface area contributed by atoms with Crippen molar-refractivity contribution in [2.24, 2.45) is 0 Å². The number of carbonyl (C=O) groups excluding carboxylic acids is 2. The third kappa shape index (κ3) is 2.27. The molecule has 0 fully saturated rings. The first-order valence-corrected chi connectivity index (χ1v) is 8.07. The van der Waals surface area contributed by atoms with E-state index in [1.54, 1.807) is 36.4 Å². The van der Waals surface area contributed by atoms with Gasteiger partial charge in [0, 0.05) is 16.1 Å². The molecule has 0 unspecified atom stereocenters. The van der Waals surface area contributed by atoms with Crippen LogP contribution in [0.5, 0.6) is 0 Å². The fourth-order valence-corrected chi connectivity index (χ4v) is 3.48. The van der Waals surface area contributed by atoms with Crippen LogP contribution in [0.15, 0.2) is 72.8 Å². The van der Waals surface area contributed by atoms with Crippen molar-refractivity contribution < 1.29 is 9.59 Å². The van der Waals surface area contributed by atoms with Crippen LogP contribution in [-0.2, 0) is 0 Å². The molecule has 0 radical (unpaired) electrons. The van der Waals surface area contributed by atoms with Gasteiger partial charge >= 0.3 is 0 Å². The average molecular weight is 333 g/mol. The predicted octanol–water partition coefficient (Wildman–Crippen LogP) is 5.17. The van der Waals surface area contributed by atoms with Gasteiger partial charge in [0.15, 0.2) is 11.6 Å². The van der Waals surface area contributed by atoms with Crippen LogP contribution < -0.4 is 0 Å². The van der Waals surface area contributed by atoms with E-state index in [0.717, 1.165) is 11.1 Å². The monoisotopic (exact) mass is 332 g/mol. The molecule has 0 N–H and O–H groups in total. The van der Waals surface area contributed by atoms with Gasteiger partial charge in [-0.1, -0.05) is 72.3 Å². The Balaban J connectivity index is 2.02. The predicted molar refractivity (Wildman–Crippen MR) is 94.7 cm³/mol. The maximum Gasteiger partial charge on any atom is 0.178 e. The van der Waals surface area contributed by atoms with E-state index in [1.807, 2.05) is 36.4 Å². The minimum atomic E-state index is -0.867. The summed E-state index contributed by atoms with van der Waals surface area (Å²) in [6, 6.07) is 21.7. The van der Waals surface area contributed by atoms with Crippen LogP contribution in [0.2, 0.25) is 5.02 Å². The fourth-order valence-electron chi connectivity index (χ4n) is 3.28. The number of carbonyl (C=O) groups is 2. The third-order valence-electron chi connectivity index (χ3n) is 4.38. The van der Waals surface area contributed by atoms with Crippen LogP contribution in [0.1, 0.15) is 32.2 Å². The zero-order chi connectivity index (χ0) is 16.7. The molecule has 0 heterocycles. The van der Waals surface area contributed by atoms with Gasteiger partial charge in [-0.05, 0) is 28.8 Å². The van der Waals surface area contributed by atoms with Crippen LogP contribution in [0.25, 0.3) is 11.1 Å². The normalized spacial score (nSPS) is 14.0. The van der Waals surface area contributed by atoms with E-state index >= 15 is 0 Å². The van der Waals surface area contributed by atoms with Gasteiger partial charge in [-0.25, -0.2) is 0 Å². The summed E-state index contributed by atoms with van der Waals surface area (Å²) in [7, 11) is 0. The highest BCUT2D eigenvalue weighted by Gasteiger charge is 2.35. The molecule has 0 spiro atoms. The topological polar surface area (TPSA) is 34.1 Å². The summed E-state index contributed by atoms with van der Waals surface area (Å²) in [4.78, 5) is 26.3. The number of hydrogen-bond donors (Lipinski definition) is 0. The fraction of sp³-hybridized carbons (Fsp3) is 0.0476. The lowest BCUT2D eigenvalue weighted by atomic mass is 9.86. The SMILES string of the molecule is O=C1c2ccccc2-c2ccccc2C(=O)C1c1cccc(Cl)c1. The van der Waals surface area contributed by atoms with Gasteiger partial charge in [0.25, 0.3) is 0 Å². The molecule has 0 bridgehead atoms. The number of benzene rings is 3. The summed E-state index contributed by atoms with van der Waals surface area (Å²) in [5, 5.41) is 0.513. The Hall–Kier alpha value is -2.71. The molecule has 116 valence electrons. The highest BCUT2D eigenvalue weighted by molar-refractivity contribution is 6.31. The minimum absolute atomic E-state index is 0.186. The molecule has 0 saturated heterocycles. The molecule has 24 heavy (non-hydrogen) atoms. The van der Waals surface area contributed by atoms with Crippen LogP contribution in [-0.4, -0.2) is 11.6 Å². The van der Waals surface area contributed by atoms with E-state index < -0.39 is 5.92 Å². The summed E-state index contributed by atoms with van der Waals surface area (Å²) in [5.74, 6) is -1.24. The Morgan fingerprint density at radius 3 is 1.62 bits per heavy atom. The zero-order valence-corrected chi connectivity index (χ0v) is 13.5. The van der Waals surface area contributed by atoms with Gasteiger partial charge in [0.05, 0.1) is 0 Å². The van der Waals surface area contributed by atoms with Crippen molar-refractivity contribution >= 4 is 23.2 Å². The molecule has 4 rings (SSSR count). The standard InChI is InChI=1S/C21H13ClO2/c22-14-7-5-6-13(12-14)19-20(23)17-10-3-1-8-15(17)16-9-2-4-11-18(16)21(19)24/h1-12,19H. The summed E-state index contributed by atoms with van der Waals surface area (Å²) < 4.78 is 0. The number of ketones is 2. The Labute approximate surface area is 144 Å². The first kappa shape index (κ1) is 14.9. The Kier molecular flexibility index (Phi) is 3.55. The van der Waals surface area contributed by atoms with E-state index in [2.05, 4.69) is 0 Å². The summed E-state index contributed by atoms with van der Waals surface area (Å²) in [6.45, 7) is 0. The summed E-state index contributed by atoms with van der Waals surface area (Å²) >= 11 is 6.08. The van der Waals surface area contributed by atoms with Crippen LogP contribution >= 0.6 is 11.6 Å². The number of Topliss-reactive ketones (excluding diaryl/α,β-unsaturated/α-hetero) is 2. The summed E-state index contributed by atoms with van der Waals surface area (Å²) in [6.07, 6.45) is 0. The number of fused-ring (bicyclic) bond motifs is 3. The van der Waals surface area contributed by atoms with Crippen LogP contribution in [0, 0.1) is 0 Å². The highest BCUT2D eigenvalue weighted by atomic mass is 35.5. The van der Waals surface area contributed by atoms with Gasteiger partial charge in [-0.15, -0.1) is 0 Å². The van der Waals surface area contributed by atoms with Crippen molar-refractivity contribution in [3.05, 3.63) is 94.5 Å². The zero-order valence-electron chi connectivity index (χ0n) is 12.7. The van der Waals surface area contributed by atoms with Gasteiger partial charge in [0.2, 0.25) is 0 Å². The molecule has 0 atom stereocenters. The molecule has 0 saturated carbocycles. The average Bonchev–Trinajstić information content (AvgIpc) is 2.70. The number of rotatable bonds is 1. The van der Waals surface area contributed by atoms with Crippen LogP contribution in [0.4, 0.5) is 0 Å². The maximum absolute atomic E-state index is 13.2. The quantitative estimate of drug-likeness (QED) is 0.576. The lowest BCUT2D eigenvalue weighted by Crippen LogP contribution is -2.21. The Morgan fingerprint density at radius 2 is 1.12 bits per heavy atom. The van der Waals surface area contributed by atoms with Crippen LogP contribution in [0.3, 0.4) is 0 Å². The summed E-state index contributed by atoms with van der Waals surface area (Å²) in [5.41, 5.74) is 3.37. The lowest BCUT2D eigenvalue weighted by Gasteiger charge is -2.14. The molecule has 0 amide bonds. The van der Waals surface area contributed by atoms with Gasteiger partial charge in [-0.3, -0.25) is 9.59 Å². The van der Waals surface area contributed by atoms with Gasteiger partial charge in [-0.2, -0.15) is 0 Å². The highest BCUT2D eigenvalue weighted by Crippen LogP contribution is 2.38. The van der Waals surface area contributed by atoms with E-state index in [0.29, 0.717) is 21.7 Å². The molecular weight excluding hydrogens is 320 g/mol. The van der Waals surface area contributed by atoms with Gasteiger partial charge < -0.3 is 0 Å². The molecule has 0 aliphatic heterocycles. The molecule has 3 aromatic rings. The van der Waals surface area contributed by atoms with Crippen molar-refractivity contribution in [1.29, 1.82) is 0 Å². The minimum Gasteiger partial charge on any atom is -0.293 e.